The summed E-state index contributed by atoms with van der Waals surface area (Å²) < 4.78 is 12.8. The molecule has 0 saturated carbocycles. The van der Waals surface area contributed by atoms with E-state index in [0.717, 1.165) is 38.2 Å². The number of benzene rings is 1. The molecule has 0 aliphatic heterocycles. The average Bonchev–Trinajstić information content (AvgIpc) is 2.37. The van der Waals surface area contributed by atoms with Crippen molar-refractivity contribution in [1.29, 1.82) is 0 Å². The van der Waals surface area contributed by atoms with Crippen LogP contribution in [0.5, 0.6) is 5.75 Å². The van der Waals surface area contributed by atoms with Crippen LogP contribution in [0.1, 0.15) is 30.6 Å². The van der Waals surface area contributed by atoms with E-state index in [0.29, 0.717) is 6.54 Å². The van der Waals surface area contributed by atoms with Crippen LogP contribution in [0.25, 0.3) is 0 Å². The summed E-state index contributed by atoms with van der Waals surface area (Å²) in [6, 6.07) is 3.37. The van der Waals surface area contributed by atoms with E-state index in [4.69, 9.17) is 0 Å². The SMILES string of the molecule is CCCN(CC)CCNC(=O)c1ccc(F)cc1O. The number of amides is 1. The van der Waals surface area contributed by atoms with Crippen LogP contribution in [-0.2, 0) is 0 Å². The first-order chi connectivity index (χ1) is 9.08. The fourth-order valence-corrected chi connectivity index (χ4v) is 1.86. The molecule has 4 nitrogen and oxygen atoms in total. The second kappa shape index (κ2) is 7.74. The Morgan fingerprint density at radius 2 is 2.11 bits per heavy atom. The van der Waals surface area contributed by atoms with Crippen molar-refractivity contribution in [3.63, 3.8) is 0 Å². The van der Waals surface area contributed by atoms with Crippen molar-refractivity contribution in [2.45, 2.75) is 20.3 Å². The van der Waals surface area contributed by atoms with Crippen molar-refractivity contribution in [2.24, 2.45) is 0 Å². The first-order valence-corrected chi connectivity index (χ1v) is 6.57. The van der Waals surface area contributed by atoms with Crippen molar-refractivity contribution < 1.29 is 14.3 Å². The fourth-order valence-electron chi connectivity index (χ4n) is 1.86. The molecule has 19 heavy (non-hydrogen) atoms. The van der Waals surface area contributed by atoms with Gasteiger partial charge in [0.05, 0.1) is 5.56 Å². The lowest BCUT2D eigenvalue weighted by Crippen LogP contribution is -2.35. The Hall–Kier alpha value is -1.62. The Bertz CT molecular complexity index is 424. The van der Waals surface area contributed by atoms with Gasteiger partial charge in [-0.2, -0.15) is 0 Å². The third kappa shape index (κ3) is 4.87. The zero-order valence-electron chi connectivity index (χ0n) is 11.4. The highest BCUT2D eigenvalue weighted by molar-refractivity contribution is 5.96. The van der Waals surface area contributed by atoms with Gasteiger partial charge in [-0.15, -0.1) is 0 Å². The minimum atomic E-state index is -0.561. The fraction of sp³-hybridized carbons (Fsp3) is 0.500. The molecule has 0 spiro atoms. The first-order valence-electron chi connectivity index (χ1n) is 6.57. The molecule has 1 rings (SSSR count). The van der Waals surface area contributed by atoms with Crippen LogP contribution in [0.3, 0.4) is 0 Å². The smallest absolute Gasteiger partial charge is 0.255 e. The monoisotopic (exact) mass is 268 g/mol. The Morgan fingerprint density at radius 1 is 1.37 bits per heavy atom. The van der Waals surface area contributed by atoms with Crippen LogP contribution in [0.15, 0.2) is 18.2 Å². The number of halogens is 1. The molecule has 0 aromatic heterocycles. The van der Waals surface area contributed by atoms with Gasteiger partial charge in [0.15, 0.2) is 0 Å². The van der Waals surface area contributed by atoms with E-state index in [1.807, 2.05) is 0 Å². The second-order valence-corrected chi connectivity index (χ2v) is 4.35. The van der Waals surface area contributed by atoms with Crippen LogP contribution >= 0.6 is 0 Å². The molecular formula is C14H21FN2O2. The Balaban J connectivity index is 2.47. The van der Waals surface area contributed by atoms with Crippen LogP contribution in [0.4, 0.5) is 4.39 Å². The number of nitrogens with one attached hydrogen (secondary N) is 1. The number of hydrogen-bond acceptors (Lipinski definition) is 3. The van der Waals surface area contributed by atoms with Gasteiger partial charge in [0, 0.05) is 19.2 Å². The number of carbonyl (C=O) groups excluding carboxylic acids is 1. The molecule has 106 valence electrons. The lowest BCUT2D eigenvalue weighted by molar-refractivity contribution is 0.0946. The van der Waals surface area contributed by atoms with Crippen LogP contribution in [0.2, 0.25) is 0 Å². The van der Waals surface area contributed by atoms with Crippen molar-refractivity contribution >= 4 is 5.91 Å². The number of phenols is 1. The third-order valence-corrected chi connectivity index (χ3v) is 2.91. The highest BCUT2D eigenvalue weighted by Crippen LogP contribution is 2.17. The number of likely N-dealkylation sites (N-methyl/N-ethyl adjacent to an activating group) is 1. The van der Waals surface area contributed by atoms with Crippen molar-refractivity contribution in [1.82, 2.24) is 10.2 Å². The molecule has 1 amide bonds. The summed E-state index contributed by atoms with van der Waals surface area (Å²) in [4.78, 5) is 14.0. The minimum absolute atomic E-state index is 0.0972. The molecule has 0 aliphatic carbocycles. The molecule has 5 heteroatoms. The molecule has 0 atom stereocenters. The quantitative estimate of drug-likeness (QED) is 0.795. The second-order valence-electron chi connectivity index (χ2n) is 4.35. The van der Waals surface area contributed by atoms with Gasteiger partial charge in [-0.25, -0.2) is 4.39 Å². The maximum Gasteiger partial charge on any atom is 0.255 e. The summed E-state index contributed by atoms with van der Waals surface area (Å²) in [5.74, 6) is -1.28. The highest BCUT2D eigenvalue weighted by Gasteiger charge is 2.11. The highest BCUT2D eigenvalue weighted by atomic mass is 19.1. The van der Waals surface area contributed by atoms with Gasteiger partial charge in [0.25, 0.3) is 5.91 Å². The Labute approximate surface area is 113 Å². The van der Waals surface area contributed by atoms with Crippen molar-refractivity contribution in [3.8, 4) is 5.75 Å². The van der Waals surface area contributed by atoms with E-state index in [1.165, 1.54) is 6.07 Å². The molecular weight excluding hydrogens is 247 g/mol. The maximum absolute atomic E-state index is 12.8. The molecule has 2 N–H and O–H groups in total. The van der Waals surface area contributed by atoms with Crippen LogP contribution in [0, 0.1) is 5.82 Å². The van der Waals surface area contributed by atoms with E-state index in [1.54, 1.807) is 0 Å². The first kappa shape index (κ1) is 15.4. The van der Waals surface area contributed by atoms with Gasteiger partial charge in [-0.05, 0) is 31.6 Å². The lowest BCUT2D eigenvalue weighted by Gasteiger charge is -2.19. The molecule has 0 unspecified atom stereocenters. The standard InChI is InChI=1S/C14H21FN2O2/c1-3-8-17(4-2)9-7-16-14(19)12-6-5-11(15)10-13(12)18/h5-6,10,18H,3-4,7-9H2,1-2H3,(H,16,19). The topological polar surface area (TPSA) is 52.6 Å². The van der Waals surface area contributed by atoms with Gasteiger partial charge in [-0.3, -0.25) is 4.79 Å². The summed E-state index contributed by atoms with van der Waals surface area (Å²) in [5, 5.41) is 12.2. The molecule has 1 aromatic carbocycles. The summed E-state index contributed by atoms with van der Waals surface area (Å²) >= 11 is 0. The van der Waals surface area contributed by atoms with Gasteiger partial charge < -0.3 is 15.3 Å². The number of nitrogens with zero attached hydrogens (tertiary/aromatic N) is 1. The summed E-state index contributed by atoms with van der Waals surface area (Å²) in [6.45, 7) is 7.38. The Kier molecular flexibility index (Phi) is 6.29. The normalized spacial score (nSPS) is 10.7. The molecule has 0 radical (unpaired) electrons. The summed E-state index contributed by atoms with van der Waals surface area (Å²) in [5.41, 5.74) is 0.0972. The van der Waals surface area contributed by atoms with E-state index < -0.39 is 5.82 Å². The maximum atomic E-state index is 12.8. The van der Waals surface area contributed by atoms with Crippen molar-refractivity contribution in [3.05, 3.63) is 29.6 Å². The number of hydrogen-bond donors (Lipinski definition) is 2. The number of carbonyl (C=O) groups is 1. The van der Waals surface area contributed by atoms with Gasteiger partial charge >= 0.3 is 0 Å². The number of aromatic hydroxyl groups is 1. The predicted octanol–water partition coefficient (Wildman–Crippen LogP) is 1.99. The summed E-state index contributed by atoms with van der Waals surface area (Å²) in [7, 11) is 0. The Morgan fingerprint density at radius 3 is 2.68 bits per heavy atom. The van der Waals surface area contributed by atoms with E-state index in [-0.39, 0.29) is 17.2 Å². The minimum Gasteiger partial charge on any atom is -0.507 e. The molecule has 0 aliphatic rings. The van der Waals surface area contributed by atoms with E-state index >= 15 is 0 Å². The average molecular weight is 268 g/mol. The number of phenolic OH excluding ortho intramolecular Hbond substituents is 1. The molecule has 0 bridgehead atoms. The van der Waals surface area contributed by atoms with Crippen LogP contribution in [-0.4, -0.2) is 42.1 Å². The van der Waals surface area contributed by atoms with Gasteiger partial charge in [-0.1, -0.05) is 13.8 Å². The third-order valence-electron chi connectivity index (χ3n) is 2.91. The largest absolute Gasteiger partial charge is 0.507 e. The lowest BCUT2D eigenvalue weighted by atomic mass is 10.2. The molecule has 1 aromatic rings. The zero-order chi connectivity index (χ0) is 14.3. The van der Waals surface area contributed by atoms with Gasteiger partial charge in [0.2, 0.25) is 0 Å². The molecule has 0 fully saturated rings. The molecule has 0 saturated heterocycles. The zero-order valence-corrected chi connectivity index (χ0v) is 11.4. The summed E-state index contributed by atoms with van der Waals surface area (Å²) in [6.07, 6.45) is 1.07. The molecule has 0 heterocycles. The van der Waals surface area contributed by atoms with E-state index in [2.05, 4.69) is 24.1 Å². The van der Waals surface area contributed by atoms with E-state index in [9.17, 15) is 14.3 Å². The number of rotatable bonds is 7. The van der Waals surface area contributed by atoms with Crippen molar-refractivity contribution in [2.75, 3.05) is 26.2 Å². The van der Waals surface area contributed by atoms with Gasteiger partial charge in [0.1, 0.15) is 11.6 Å². The van der Waals surface area contributed by atoms with Crippen LogP contribution < -0.4 is 5.32 Å². The predicted molar refractivity (Wildman–Crippen MR) is 72.8 cm³/mol.